The van der Waals surface area contributed by atoms with Crippen LogP contribution in [0.5, 0.6) is 0 Å². The number of hydrogen-bond acceptors (Lipinski definition) is 6. The highest BCUT2D eigenvalue weighted by Crippen LogP contribution is 2.18. The third-order valence-electron chi connectivity index (χ3n) is 3.04. The first kappa shape index (κ1) is 12.6. The molecule has 7 heteroatoms. The van der Waals surface area contributed by atoms with E-state index < -0.39 is 0 Å². The molecule has 1 unspecified atom stereocenters. The molecule has 0 amide bonds. The second kappa shape index (κ2) is 5.63. The van der Waals surface area contributed by atoms with Crippen molar-refractivity contribution in [2.75, 3.05) is 25.1 Å². The Kier molecular flexibility index (Phi) is 3.93. The van der Waals surface area contributed by atoms with Gasteiger partial charge in [-0.1, -0.05) is 5.16 Å². The van der Waals surface area contributed by atoms with Crippen molar-refractivity contribution < 1.29 is 9.94 Å². The van der Waals surface area contributed by atoms with E-state index in [0.717, 1.165) is 31.7 Å². The molecule has 1 fully saturated rings. The van der Waals surface area contributed by atoms with Gasteiger partial charge in [-0.2, -0.15) is 0 Å². The first-order valence-corrected chi connectivity index (χ1v) is 5.82. The molecule has 18 heavy (non-hydrogen) atoms. The van der Waals surface area contributed by atoms with Gasteiger partial charge in [-0.05, 0) is 12.8 Å². The van der Waals surface area contributed by atoms with E-state index >= 15 is 0 Å². The minimum atomic E-state index is -0.0394. The fourth-order valence-corrected chi connectivity index (χ4v) is 2.01. The maximum atomic E-state index is 8.54. The van der Waals surface area contributed by atoms with E-state index in [1.54, 1.807) is 13.3 Å². The van der Waals surface area contributed by atoms with Gasteiger partial charge < -0.3 is 20.6 Å². The van der Waals surface area contributed by atoms with Crippen LogP contribution in [-0.4, -0.2) is 47.3 Å². The number of ether oxygens (including phenoxy) is 1. The topological polar surface area (TPSA) is 96.9 Å². The molecule has 0 bridgehead atoms. The third kappa shape index (κ3) is 2.67. The molecule has 98 valence electrons. The Balaban J connectivity index is 2.09. The molecule has 1 aromatic rings. The van der Waals surface area contributed by atoms with Crippen molar-refractivity contribution in [3.05, 3.63) is 18.1 Å². The van der Waals surface area contributed by atoms with Gasteiger partial charge in [0.05, 0.1) is 18.5 Å². The quantitative estimate of drug-likeness (QED) is 0.344. The minimum absolute atomic E-state index is 0.0394. The van der Waals surface area contributed by atoms with Crippen molar-refractivity contribution >= 4 is 11.7 Å². The van der Waals surface area contributed by atoms with Crippen molar-refractivity contribution in [1.82, 2.24) is 9.97 Å². The van der Waals surface area contributed by atoms with Crippen LogP contribution in [0.25, 0.3) is 0 Å². The van der Waals surface area contributed by atoms with Gasteiger partial charge in [0.1, 0.15) is 11.5 Å². The Morgan fingerprint density at radius 1 is 1.56 bits per heavy atom. The summed E-state index contributed by atoms with van der Waals surface area (Å²) in [5.74, 6) is 0.744. The van der Waals surface area contributed by atoms with Gasteiger partial charge in [0.2, 0.25) is 0 Å². The van der Waals surface area contributed by atoms with E-state index in [1.807, 2.05) is 0 Å². The zero-order valence-corrected chi connectivity index (χ0v) is 10.3. The molecule has 0 aliphatic carbocycles. The molecule has 0 spiro atoms. The molecule has 1 atom stereocenters. The number of nitrogens with two attached hydrogens (primary N) is 1. The van der Waals surface area contributed by atoms with Gasteiger partial charge in [-0.15, -0.1) is 0 Å². The highest BCUT2D eigenvalue weighted by atomic mass is 16.5. The summed E-state index contributed by atoms with van der Waals surface area (Å²) < 4.78 is 5.36. The number of piperidine rings is 1. The van der Waals surface area contributed by atoms with E-state index in [0.29, 0.717) is 5.69 Å². The van der Waals surface area contributed by atoms with Crippen molar-refractivity contribution in [2.24, 2.45) is 10.9 Å². The Bertz CT molecular complexity index is 420. The molecule has 2 rings (SSSR count). The van der Waals surface area contributed by atoms with Gasteiger partial charge in [-0.25, -0.2) is 9.97 Å². The summed E-state index contributed by atoms with van der Waals surface area (Å²) in [6.45, 7) is 1.76. The molecule has 1 aliphatic heterocycles. The second-order valence-electron chi connectivity index (χ2n) is 4.19. The molecule has 0 radical (unpaired) electrons. The first-order valence-electron chi connectivity index (χ1n) is 5.82. The fraction of sp³-hybridized carbons (Fsp3) is 0.545. The number of rotatable bonds is 3. The molecule has 0 saturated carbocycles. The number of aromatic nitrogens is 2. The third-order valence-corrected chi connectivity index (χ3v) is 3.04. The molecule has 1 aliphatic rings. The number of oxime groups is 1. The SMILES string of the molecule is COC1CCCN(c2cnc(C(N)=NO)cn2)C1. The normalized spacial score (nSPS) is 21.1. The van der Waals surface area contributed by atoms with Crippen molar-refractivity contribution in [3.8, 4) is 0 Å². The van der Waals surface area contributed by atoms with E-state index in [4.69, 9.17) is 15.7 Å². The Morgan fingerprint density at radius 3 is 3.00 bits per heavy atom. The number of nitrogens with zero attached hydrogens (tertiary/aromatic N) is 4. The molecule has 7 nitrogen and oxygen atoms in total. The summed E-state index contributed by atoms with van der Waals surface area (Å²) in [6, 6.07) is 0. The van der Waals surface area contributed by atoms with Gasteiger partial charge in [0, 0.05) is 20.2 Å². The van der Waals surface area contributed by atoms with Crippen molar-refractivity contribution in [1.29, 1.82) is 0 Å². The van der Waals surface area contributed by atoms with Crippen molar-refractivity contribution in [3.63, 3.8) is 0 Å². The Hall–Kier alpha value is -1.89. The molecule has 3 N–H and O–H groups in total. The lowest BCUT2D eigenvalue weighted by molar-refractivity contribution is 0.0891. The van der Waals surface area contributed by atoms with Crippen LogP contribution in [0, 0.1) is 0 Å². The molecular formula is C11H17N5O2. The maximum Gasteiger partial charge on any atom is 0.190 e. The summed E-state index contributed by atoms with van der Waals surface area (Å²) in [5.41, 5.74) is 5.79. The summed E-state index contributed by atoms with van der Waals surface area (Å²) in [7, 11) is 1.72. The van der Waals surface area contributed by atoms with Crippen LogP contribution < -0.4 is 10.6 Å². The molecular weight excluding hydrogens is 234 g/mol. The predicted octanol–water partition coefficient (Wildman–Crippen LogP) is 0.186. The number of amidine groups is 1. The summed E-state index contributed by atoms with van der Waals surface area (Å²) in [6.07, 6.45) is 5.51. The average Bonchev–Trinajstić information content (AvgIpc) is 2.46. The summed E-state index contributed by atoms with van der Waals surface area (Å²) in [4.78, 5) is 10.5. The van der Waals surface area contributed by atoms with Gasteiger partial charge in [0.15, 0.2) is 5.84 Å². The number of anilines is 1. The van der Waals surface area contributed by atoms with Crippen LogP contribution in [0.4, 0.5) is 5.82 Å². The molecule has 1 saturated heterocycles. The van der Waals surface area contributed by atoms with Gasteiger partial charge in [0.25, 0.3) is 0 Å². The monoisotopic (exact) mass is 251 g/mol. The zero-order chi connectivity index (χ0) is 13.0. The van der Waals surface area contributed by atoms with Crippen LogP contribution in [0.15, 0.2) is 17.5 Å². The summed E-state index contributed by atoms with van der Waals surface area (Å²) in [5, 5.41) is 11.4. The lowest BCUT2D eigenvalue weighted by Crippen LogP contribution is -2.39. The first-order chi connectivity index (χ1) is 8.74. The average molecular weight is 251 g/mol. The smallest absolute Gasteiger partial charge is 0.190 e. The maximum absolute atomic E-state index is 8.54. The summed E-state index contributed by atoms with van der Waals surface area (Å²) >= 11 is 0. The van der Waals surface area contributed by atoms with E-state index in [-0.39, 0.29) is 11.9 Å². The number of methoxy groups -OCH3 is 1. The van der Waals surface area contributed by atoms with E-state index in [1.165, 1.54) is 6.20 Å². The van der Waals surface area contributed by atoms with Crippen LogP contribution in [0.2, 0.25) is 0 Å². The standard InChI is InChI=1S/C11H17N5O2/c1-18-8-3-2-4-16(7-8)10-6-13-9(5-14-10)11(12)15-17/h5-6,8,17H,2-4,7H2,1H3,(H2,12,15). The van der Waals surface area contributed by atoms with Crippen LogP contribution in [0.3, 0.4) is 0 Å². The number of hydrogen-bond donors (Lipinski definition) is 2. The van der Waals surface area contributed by atoms with Gasteiger partial charge >= 0.3 is 0 Å². The van der Waals surface area contributed by atoms with E-state index in [2.05, 4.69) is 20.0 Å². The zero-order valence-electron chi connectivity index (χ0n) is 10.3. The minimum Gasteiger partial charge on any atom is -0.409 e. The van der Waals surface area contributed by atoms with Crippen LogP contribution in [-0.2, 0) is 4.74 Å². The van der Waals surface area contributed by atoms with Crippen LogP contribution in [0.1, 0.15) is 18.5 Å². The fourth-order valence-electron chi connectivity index (χ4n) is 2.01. The highest BCUT2D eigenvalue weighted by Gasteiger charge is 2.20. The lowest BCUT2D eigenvalue weighted by Gasteiger charge is -2.32. The lowest BCUT2D eigenvalue weighted by atomic mass is 10.1. The molecule has 1 aromatic heterocycles. The molecule has 2 heterocycles. The Morgan fingerprint density at radius 2 is 2.39 bits per heavy atom. The van der Waals surface area contributed by atoms with E-state index in [9.17, 15) is 0 Å². The second-order valence-corrected chi connectivity index (χ2v) is 4.19. The Labute approximate surface area is 105 Å². The highest BCUT2D eigenvalue weighted by molar-refractivity contribution is 5.94. The van der Waals surface area contributed by atoms with Crippen LogP contribution >= 0.6 is 0 Å². The predicted molar refractivity (Wildman–Crippen MR) is 66.8 cm³/mol. The molecule has 0 aromatic carbocycles. The van der Waals surface area contributed by atoms with Gasteiger partial charge in [-0.3, -0.25) is 0 Å². The van der Waals surface area contributed by atoms with Crippen molar-refractivity contribution in [2.45, 2.75) is 18.9 Å². The largest absolute Gasteiger partial charge is 0.409 e.